The highest BCUT2D eigenvalue weighted by Crippen LogP contribution is 2.00. The van der Waals surface area contributed by atoms with Crippen molar-refractivity contribution in [2.24, 2.45) is 0 Å². The van der Waals surface area contributed by atoms with Gasteiger partial charge in [0, 0.05) is 30.8 Å². The molecule has 0 aromatic carbocycles. The minimum Gasteiger partial charge on any atom is -0.351 e. The van der Waals surface area contributed by atoms with Gasteiger partial charge in [-0.25, -0.2) is 0 Å². The van der Waals surface area contributed by atoms with Crippen molar-refractivity contribution >= 4 is 18.1 Å². The van der Waals surface area contributed by atoms with E-state index >= 15 is 0 Å². The van der Waals surface area contributed by atoms with Gasteiger partial charge >= 0.3 is 0 Å². The lowest BCUT2D eigenvalue weighted by Gasteiger charge is -2.20. The maximum absolute atomic E-state index is 11.6. The minimum absolute atomic E-state index is 0.0365. The van der Waals surface area contributed by atoms with Crippen molar-refractivity contribution < 1.29 is 4.79 Å². The molecule has 1 rings (SSSR count). The van der Waals surface area contributed by atoms with Crippen LogP contribution in [0.3, 0.4) is 0 Å². The van der Waals surface area contributed by atoms with Crippen LogP contribution in [0.15, 0.2) is 17.1 Å². The molecule has 0 bridgehead atoms. The number of nitrogens with zero attached hydrogens (tertiary/aromatic N) is 1. The molecule has 6 heteroatoms. The van der Waals surface area contributed by atoms with Crippen LogP contribution < -0.4 is 10.9 Å². The first-order valence-electron chi connectivity index (χ1n) is 5.39. The predicted molar refractivity (Wildman–Crippen MR) is 68.4 cm³/mol. The van der Waals surface area contributed by atoms with E-state index in [9.17, 15) is 9.59 Å². The number of aromatic nitrogens is 2. The molecule has 17 heavy (non-hydrogen) atoms. The van der Waals surface area contributed by atoms with Crippen molar-refractivity contribution in [3.63, 3.8) is 0 Å². The summed E-state index contributed by atoms with van der Waals surface area (Å²) in [7, 11) is 0. The number of carbonyl (C=O) groups excluding carboxylic acids is 1. The third-order valence-corrected chi connectivity index (χ3v) is 2.33. The molecule has 0 aliphatic carbocycles. The van der Waals surface area contributed by atoms with E-state index in [0.717, 1.165) is 0 Å². The number of aryl methyl sites for hydroxylation is 1. The predicted octanol–water partition coefficient (Wildman–Crippen LogP) is 1.21. The van der Waals surface area contributed by atoms with E-state index in [-0.39, 0.29) is 17.0 Å². The first kappa shape index (κ1) is 13.6. The second kappa shape index (κ2) is 5.27. The second-order valence-corrected chi connectivity index (χ2v) is 5.24. The van der Waals surface area contributed by atoms with Gasteiger partial charge in [0.15, 0.2) is 4.77 Å². The van der Waals surface area contributed by atoms with Gasteiger partial charge < -0.3 is 9.88 Å². The molecule has 0 unspecified atom stereocenters. The van der Waals surface area contributed by atoms with Crippen molar-refractivity contribution in [1.29, 1.82) is 0 Å². The molecule has 1 heterocycles. The second-order valence-electron chi connectivity index (χ2n) is 4.85. The molecule has 5 nitrogen and oxygen atoms in total. The Balaban J connectivity index is 2.59. The van der Waals surface area contributed by atoms with E-state index in [4.69, 9.17) is 12.2 Å². The van der Waals surface area contributed by atoms with Crippen molar-refractivity contribution in [2.45, 2.75) is 39.3 Å². The van der Waals surface area contributed by atoms with Gasteiger partial charge in [-0.2, -0.15) is 0 Å². The molecular formula is C11H17N3O2S. The van der Waals surface area contributed by atoms with Crippen LogP contribution in [0.2, 0.25) is 0 Å². The van der Waals surface area contributed by atoms with E-state index in [1.54, 1.807) is 10.8 Å². The monoisotopic (exact) mass is 255 g/mol. The van der Waals surface area contributed by atoms with Crippen LogP contribution in [-0.2, 0) is 11.3 Å². The van der Waals surface area contributed by atoms with Gasteiger partial charge in [-0.15, -0.1) is 0 Å². The smallest absolute Gasteiger partial charge is 0.251 e. The molecule has 1 aromatic heterocycles. The lowest BCUT2D eigenvalue weighted by atomic mass is 10.1. The molecule has 2 N–H and O–H groups in total. The maximum atomic E-state index is 11.6. The number of amides is 1. The number of nitrogens with one attached hydrogen (secondary N) is 2. The summed E-state index contributed by atoms with van der Waals surface area (Å²) in [6, 6.07) is 1.39. The Kier molecular flexibility index (Phi) is 4.22. The Morgan fingerprint density at radius 1 is 1.53 bits per heavy atom. The van der Waals surface area contributed by atoms with Crippen molar-refractivity contribution in [2.75, 3.05) is 0 Å². The Hall–Kier alpha value is -1.43. The van der Waals surface area contributed by atoms with Crippen LogP contribution >= 0.6 is 12.2 Å². The Bertz CT molecular complexity index is 510. The Morgan fingerprint density at radius 3 is 2.71 bits per heavy atom. The average Bonchev–Trinajstić information content (AvgIpc) is 2.13. The summed E-state index contributed by atoms with van der Waals surface area (Å²) >= 11 is 4.98. The SMILES string of the molecule is CC(C)(C)NC(=O)CCn1ccc(=O)[nH]c1=S. The average molecular weight is 255 g/mol. The lowest BCUT2D eigenvalue weighted by molar-refractivity contribution is -0.122. The van der Waals surface area contributed by atoms with E-state index in [1.807, 2.05) is 20.8 Å². The topological polar surface area (TPSA) is 66.9 Å². The molecule has 0 atom stereocenters. The highest BCUT2D eigenvalue weighted by molar-refractivity contribution is 7.71. The summed E-state index contributed by atoms with van der Waals surface area (Å²) in [4.78, 5) is 25.0. The van der Waals surface area contributed by atoms with Crippen molar-refractivity contribution in [1.82, 2.24) is 14.9 Å². The van der Waals surface area contributed by atoms with Gasteiger partial charge in [0.25, 0.3) is 5.56 Å². The number of rotatable bonds is 3. The van der Waals surface area contributed by atoms with Gasteiger partial charge in [0.05, 0.1) is 0 Å². The van der Waals surface area contributed by atoms with Gasteiger partial charge in [0.1, 0.15) is 0 Å². The van der Waals surface area contributed by atoms with Crippen LogP contribution in [-0.4, -0.2) is 21.0 Å². The van der Waals surface area contributed by atoms with Gasteiger partial charge in [-0.05, 0) is 33.0 Å². The molecule has 0 aliphatic heterocycles. The minimum atomic E-state index is -0.233. The normalized spacial score (nSPS) is 11.2. The summed E-state index contributed by atoms with van der Waals surface area (Å²) in [5, 5.41) is 2.86. The standard InChI is InChI=1S/C11H17N3O2S/c1-11(2,3)13-9(16)5-7-14-6-4-8(15)12-10(14)17/h4,6H,5,7H2,1-3H3,(H,13,16)(H,12,15,17). The van der Waals surface area contributed by atoms with Crippen LogP contribution in [0, 0.1) is 4.77 Å². The zero-order chi connectivity index (χ0) is 13.1. The fourth-order valence-corrected chi connectivity index (χ4v) is 1.58. The number of hydrogen-bond acceptors (Lipinski definition) is 3. The van der Waals surface area contributed by atoms with E-state index in [1.165, 1.54) is 6.07 Å². The Morgan fingerprint density at radius 2 is 2.18 bits per heavy atom. The van der Waals surface area contributed by atoms with Crippen molar-refractivity contribution in [3.05, 3.63) is 27.4 Å². The fourth-order valence-electron chi connectivity index (χ4n) is 1.32. The summed E-state index contributed by atoms with van der Waals surface area (Å²) < 4.78 is 2.00. The fraction of sp³-hybridized carbons (Fsp3) is 0.545. The summed E-state index contributed by atoms with van der Waals surface area (Å²) in [5.74, 6) is -0.0365. The number of hydrogen-bond donors (Lipinski definition) is 2. The number of H-pyrrole nitrogens is 1. The molecule has 0 fully saturated rings. The lowest BCUT2D eigenvalue weighted by Crippen LogP contribution is -2.40. The summed E-state index contributed by atoms with van der Waals surface area (Å²) in [6.45, 7) is 6.24. The molecule has 0 radical (unpaired) electrons. The van der Waals surface area contributed by atoms with Gasteiger partial charge in [-0.1, -0.05) is 0 Å². The molecule has 0 saturated heterocycles. The van der Waals surface area contributed by atoms with E-state index in [0.29, 0.717) is 17.7 Å². The third kappa shape index (κ3) is 4.95. The number of aromatic amines is 1. The summed E-state index contributed by atoms with van der Waals surface area (Å²) in [5.41, 5.74) is -0.464. The van der Waals surface area contributed by atoms with Crippen LogP contribution in [0.25, 0.3) is 0 Å². The first-order chi connectivity index (χ1) is 7.78. The zero-order valence-corrected chi connectivity index (χ0v) is 11.1. The molecule has 1 aromatic rings. The Labute approximate surface area is 105 Å². The third-order valence-electron chi connectivity index (χ3n) is 1.99. The number of carbonyl (C=O) groups is 1. The highest BCUT2D eigenvalue weighted by atomic mass is 32.1. The largest absolute Gasteiger partial charge is 0.351 e. The van der Waals surface area contributed by atoms with Crippen molar-refractivity contribution in [3.8, 4) is 0 Å². The van der Waals surface area contributed by atoms with E-state index in [2.05, 4.69) is 10.3 Å². The quantitative estimate of drug-likeness (QED) is 0.798. The molecule has 0 saturated carbocycles. The van der Waals surface area contributed by atoms with Crippen LogP contribution in [0.4, 0.5) is 0 Å². The van der Waals surface area contributed by atoms with Gasteiger partial charge in [-0.3, -0.25) is 14.6 Å². The maximum Gasteiger partial charge on any atom is 0.251 e. The first-order valence-corrected chi connectivity index (χ1v) is 5.79. The summed E-state index contributed by atoms with van der Waals surface area (Å²) in [6.07, 6.45) is 1.92. The molecule has 0 spiro atoms. The van der Waals surface area contributed by atoms with E-state index < -0.39 is 0 Å². The molecular weight excluding hydrogens is 238 g/mol. The van der Waals surface area contributed by atoms with Gasteiger partial charge in [0.2, 0.25) is 5.91 Å². The highest BCUT2D eigenvalue weighted by Gasteiger charge is 2.13. The molecule has 1 amide bonds. The molecule has 94 valence electrons. The molecule has 0 aliphatic rings. The zero-order valence-electron chi connectivity index (χ0n) is 10.2. The van der Waals surface area contributed by atoms with Crippen LogP contribution in [0.5, 0.6) is 0 Å². The van der Waals surface area contributed by atoms with Crippen LogP contribution in [0.1, 0.15) is 27.2 Å².